The second-order valence-electron chi connectivity index (χ2n) is 5.16. The Bertz CT molecular complexity index is 665. The van der Waals surface area contributed by atoms with Crippen LogP contribution in [-0.2, 0) is 11.2 Å². The number of aromatic nitrogens is 2. The normalized spacial score (nSPS) is 16.9. The Kier molecular flexibility index (Phi) is 2.60. The lowest BCUT2D eigenvalue weighted by Crippen LogP contribution is -2.37. The van der Waals surface area contributed by atoms with Crippen molar-refractivity contribution in [1.82, 2.24) is 9.97 Å². The van der Waals surface area contributed by atoms with Crippen LogP contribution >= 0.6 is 0 Å². The van der Waals surface area contributed by atoms with E-state index in [0.29, 0.717) is 5.82 Å². The molecule has 5 nitrogen and oxygen atoms in total. The summed E-state index contributed by atoms with van der Waals surface area (Å²) in [7, 11) is 0. The second-order valence-corrected chi connectivity index (χ2v) is 5.16. The molecule has 1 aliphatic heterocycles. The van der Waals surface area contributed by atoms with Crippen molar-refractivity contribution in [2.75, 3.05) is 36.9 Å². The van der Waals surface area contributed by atoms with Crippen LogP contribution in [0.4, 0.5) is 11.8 Å². The van der Waals surface area contributed by atoms with Gasteiger partial charge >= 0.3 is 0 Å². The third-order valence-electron chi connectivity index (χ3n) is 3.94. The second kappa shape index (κ2) is 4.45. The zero-order chi connectivity index (χ0) is 13.5. The summed E-state index contributed by atoms with van der Waals surface area (Å²) >= 11 is 0. The van der Waals surface area contributed by atoms with Crippen LogP contribution in [0.25, 0.3) is 11.1 Å². The third-order valence-corrected chi connectivity index (χ3v) is 3.94. The Morgan fingerprint density at radius 1 is 1.10 bits per heavy atom. The number of anilines is 2. The molecular formula is C15H16N4O. The number of benzene rings is 1. The summed E-state index contributed by atoms with van der Waals surface area (Å²) in [6.07, 6.45) is 0.843. The smallest absolute Gasteiger partial charge is 0.227 e. The Balaban J connectivity index is 1.78. The molecule has 20 heavy (non-hydrogen) atoms. The zero-order valence-corrected chi connectivity index (χ0v) is 11.2. The lowest BCUT2D eigenvalue weighted by atomic mass is 10.1. The van der Waals surface area contributed by atoms with Crippen LogP contribution in [0.15, 0.2) is 24.3 Å². The molecule has 2 N–H and O–H groups in total. The van der Waals surface area contributed by atoms with Gasteiger partial charge in [-0.05, 0) is 11.1 Å². The molecule has 1 aliphatic carbocycles. The number of hydrogen-bond acceptors (Lipinski definition) is 5. The number of nitrogen functional groups attached to an aromatic ring is 1. The molecule has 0 radical (unpaired) electrons. The lowest BCUT2D eigenvalue weighted by molar-refractivity contribution is 0.122. The highest BCUT2D eigenvalue weighted by Gasteiger charge is 2.25. The number of ether oxygens (including phenoxy) is 1. The van der Waals surface area contributed by atoms with E-state index >= 15 is 0 Å². The van der Waals surface area contributed by atoms with Crippen LogP contribution in [0.5, 0.6) is 0 Å². The summed E-state index contributed by atoms with van der Waals surface area (Å²) < 4.78 is 5.37. The largest absolute Gasteiger partial charge is 0.383 e. The highest BCUT2D eigenvalue weighted by atomic mass is 16.5. The maximum atomic E-state index is 6.19. The molecule has 1 saturated heterocycles. The molecule has 5 heteroatoms. The minimum absolute atomic E-state index is 0.585. The number of hydrogen-bond donors (Lipinski definition) is 1. The highest BCUT2D eigenvalue weighted by Crippen LogP contribution is 2.39. The predicted octanol–water partition coefficient (Wildman–Crippen LogP) is 1.47. The monoisotopic (exact) mass is 268 g/mol. The average molecular weight is 268 g/mol. The number of morpholine rings is 1. The minimum Gasteiger partial charge on any atom is -0.383 e. The van der Waals surface area contributed by atoms with Gasteiger partial charge in [0, 0.05) is 25.1 Å². The summed E-state index contributed by atoms with van der Waals surface area (Å²) in [6.45, 7) is 3.09. The van der Waals surface area contributed by atoms with Crippen molar-refractivity contribution in [3.05, 3.63) is 35.5 Å². The average Bonchev–Trinajstić information content (AvgIpc) is 2.87. The molecule has 0 unspecified atom stereocenters. The first-order valence-electron chi connectivity index (χ1n) is 6.90. The molecule has 0 bridgehead atoms. The fourth-order valence-corrected chi connectivity index (χ4v) is 2.94. The molecule has 2 heterocycles. The van der Waals surface area contributed by atoms with Gasteiger partial charge in [-0.25, -0.2) is 4.98 Å². The van der Waals surface area contributed by atoms with Gasteiger partial charge in [-0.15, -0.1) is 0 Å². The summed E-state index contributed by atoms with van der Waals surface area (Å²) in [4.78, 5) is 11.4. The third kappa shape index (κ3) is 1.74. The first-order chi connectivity index (χ1) is 9.83. The molecule has 2 aromatic rings. The van der Waals surface area contributed by atoms with Gasteiger partial charge in [-0.3, -0.25) is 0 Å². The molecule has 0 spiro atoms. The van der Waals surface area contributed by atoms with E-state index in [1.54, 1.807) is 0 Å². The Morgan fingerprint density at radius 3 is 2.75 bits per heavy atom. The maximum Gasteiger partial charge on any atom is 0.227 e. The molecule has 0 atom stereocenters. The van der Waals surface area contributed by atoms with Crippen LogP contribution in [0, 0.1) is 0 Å². The Hall–Kier alpha value is -2.14. The van der Waals surface area contributed by atoms with Gasteiger partial charge in [0.15, 0.2) is 0 Å². The summed E-state index contributed by atoms with van der Waals surface area (Å²) in [6, 6.07) is 8.31. The zero-order valence-electron chi connectivity index (χ0n) is 11.2. The number of fused-ring (bicyclic) bond motifs is 3. The number of nitrogens with zero attached hydrogens (tertiary/aromatic N) is 3. The standard InChI is InChI=1S/C15H16N4O/c16-14-13-11-4-2-1-3-10(11)9-12(13)17-15(18-14)19-5-7-20-8-6-19/h1-4H,5-9H2,(H2,16,17,18). The fraction of sp³-hybridized carbons (Fsp3) is 0.333. The first-order valence-corrected chi connectivity index (χ1v) is 6.90. The van der Waals surface area contributed by atoms with Gasteiger partial charge in [0.2, 0.25) is 5.95 Å². The van der Waals surface area contributed by atoms with Crippen LogP contribution in [-0.4, -0.2) is 36.3 Å². The van der Waals surface area contributed by atoms with Gasteiger partial charge in [-0.1, -0.05) is 24.3 Å². The predicted molar refractivity (Wildman–Crippen MR) is 77.7 cm³/mol. The van der Waals surface area contributed by atoms with Gasteiger partial charge < -0.3 is 15.4 Å². The van der Waals surface area contributed by atoms with E-state index in [9.17, 15) is 0 Å². The van der Waals surface area contributed by atoms with Crippen molar-refractivity contribution >= 4 is 11.8 Å². The highest BCUT2D eigenvalue weighted by molar-refractivity contribution is 5.83. The van der Waals surface area contributed by atoms with E-state index < -0.39 is 0 Å². The van der Waals surface area contributed by atoms with Crippen LogP contribution in [0.3, 0.4) is 0 Å². The van der Waals surface area contributed by atoms with Gasteiger partial charge in [0.05, 0.1) is 18.9 Å². The molecule has 0 amide bonds. The number of nitrogens with two attached hydrogens (primary N) is 1. The summed E-state index contributed by atoms with van der Waals surface area (Å²) in [5.74, 6) is 1.32. The van der Waals surface area contributed by atoms with Gasteiger partial charge in [0.1, 0.15) is 5.82 Å². The maximum absolute atomic E-state index is 6.19. The Morgan fingerprint density at radius 2 is 1.90 bits per heavy atom. The number of rotatable bonds is 1. The molecule has 1 aromatic carbocycles. The van der Waals surface area contributed by atoms with E-state index in [1.807, 2.05) is 6.07 Å². The summed E-state index contributed by atoms with van der Waals surface area (Å²) in [5.41, 5.74) is 10.7. The van der Waals surface area contributed by atoms with Crippen molar-refractivity contribution in [2.24, 2.45) is 0 Å². The Labute approximate surface area is 117 Å². The van der Waals surface area contributed by atoms with Gasteiger partial charge in [-0.2, -0.15) is 4.98 Å². The first kappa shape index (κ1) is 11.7. The van der Waals surface area contributed by atoms with E-state index in [4.69, 9.17) is 15.5 Å². The van der Waals surface area contributed by atoms with E-state index in [1.165, 1.54) is 11.1 Å². The lowest BCUT2D eigenvalue weighted by Gasteiger charge is -2.27. The molecule has 1 aromatic heterocycles. The fourth-order valence-electron chi connectivity index (χ4n) is 2.94. The molecular weight excluding hydrogens is 252 g/mol. The van der Waals surface area contributed by atoms with Crippen molar-refractivity contribution in [3.8, 4) is 11.1 Å². The van der Waals surface area contributed by atoms with Crippen LogP contribution in [0.1, 0.15) is 11.3 Å². The molecule has 2 aliphatic rings. The molecule has 1 fully saturated rings. The van der Waals surface area contributed by atoms with Crippen LogP contribution in [0.2, 0.25) is 0 Å². The van der Waals surface area contributed by atoms with Crippen LogP contribution < -0.4 is 10.6 Å². The van der Waals surface area contributed by atoms with Crippen molar-refractivity contribution in [2.45, 2.75) is 6.42 Å². The molecule has 0 saturated carbocycles. The molecule has 4 rings (SSSR count). The van der Waals surface area contributed by atoms with Crippen molar-refractivity contribution in [1.29, 1.82) is 0 Å². The van der Waals surface area contributed by atoms with Crippen molar-refractivity contribution < 1.29 is 4.74 Å². The van der Waals surface area contributed by atoms with E-state index in [0.717, 1.165) is 49.9 Å². The minimum atomic E-state index is 0.585. The van der Waals surface area contributed by atoms with Crippen molar-refractivity contribution in [3.63, 3.8) is 0 Å². The summed E-state index contributed by atoms with van der Waals surface area (Å²) in [5, 5.41) is 0. The van der Waals surface area contributed by atoms with E-state index in [-0.39, 0.29) is 0 Å². The SMILES string of the molecule is Nc1nc(N2CCOCC2)nc2c1-c1ccccc1C2. The van der Waals surface area contributed by atoms with Gasteiger partial charge in [0.25, 0.3) is 0 Å². The quantitative estimate of drug-likeness (QED) is 0.724. The van der Waals surface area contributed by atoms with E-state index in [2.05, 4.69) is 28.1 Å². The topological polar surface area (TPSA) is 64.3 Å². The molecule has 102 valence electrons.